The molecule has 132 valence electrons. The summed E-state index contributed by atoms with van der Waals surface area (Å²) >= 11 is 5.01. The minimum absolute atomic E-state index is 0.0426. The average molecular weight is 367 g/mol. The highest BCUT2D eigenvalue weighted by Gasteiger charge is 2.33. The van der Waals surface area contributed by atoms with E-state index in [4.69, 9.17) is 17.0 Å². The largest absolute Gasteiger partial charge is 0.497 e. The molecule has 0 bridgehead atoms. The molecule has 0 saturated carbocycles. The number of hydrogen-bond donors (Lipinski definition) is 2. The smallest absolute Gasteiger partial charge is 0.418 e. The lowest BCUT2D eigenvalue weighted by molar-refractivity contribution is -0.136. The summed E-state index contributed by atoms with van der Waals surface area (Å²) in [6.45, 7) is 1.74. The molecule has 0 unspecified atom stereocenters. The van der Waals surface area contributed by atoms with Crippen molar-refractivity contribution >= 4 is 28.7 Å². The summed E-state index contributed by atoms with van der Waals surface area (Å²) in [6.07, 6.45) is -4.47. The lowest BCUT2D eigenvalue weighted by atomic mass is 10.1. The van der Waals surface area contributed by atoms with Gasteiger partial charge < -0.3 is 10.1 Å². The summed E-state index contributed by atoms with van der Waals surface area (Å²) in [5, 5.41) is 6.56. The molecular formula is C17H16F3N3OS. The van der Waals surface area contributed by atoms with E-state index in [9.17, 15) is 13.2 Å². The number of thiocarbonyl (C=S) groups is 1. The van der Waals surface area contributed by atoms with Crippen molar-refractivity contribution < 1.29 is 17.9 Å². The third-order valence-corrected chi connectivity index (χ3v) is 3.49. The quantitative estimate of drug-likeness (QED) is 0.477. The highest BCUT2D eigenvalue weighted by atomic mass is 32.1. The Morgan fingerprint density at radius 1 is 1.12 bits per heavy atom. The van der Waals surface area contributed by atoms with E-state index in [1.54, 1.807) is 26.2 Å². The van der Waals surface area contributed by atoms with Crippen LogP contribution in [0.4, 0.5) is 18.9 Å². The fourth-order valence-corrected chi connectivity index (χ4v) is 2.19. The number of alkyl halides is 3. The van der Waals surface area contributed by atoms with Gasteiger partial charge in [0.15, 0.2) is 5.11 Å². The number of methoxy groups -OCH3 is 1. The van der Waals surface area contributed by atoms with Crippen LogP contribution in [0.5, 0.6) is 5.75 Å². The van der Waals surface area contributed by atoms with Crippen LogP contribution < -0.4 is 15.5 Å². The van der Waals surface area contributed by atoms with Crippen molar-refractivity contribution in [3.05, 3.63) is 59.7 Å². The van der Waals surface area contributed by atoms with Gasteiger partial charge in [-0.2, -0.15) is 18.3 Å². The topological polar surface area (TPSA) is 45.6 Å². The molecule has 0 aliphatic rings. The maximum Gasteiger partial charge on any atom is 0.418 e. The van der Waals surface area contributed by atoms with Crippen molar-refractivity contribution in [3.63, 3.8) is 0 Å². The van der Waals surface area contributed by atoms with Gasteiger partial charge >= 0.3 is 6.18 Å². The first-order valence-corrected chi connectivity index (χ1v) is 7.64. The lowest BCUT2D eigenvalue weighted by Crippen LogP contribution is -2.26. The number of nitrogens with one attached hydrogen (secondary N) is 2. The van der Waals surface area contributed by atoms with Crippen LogP contribution in [-0.4, -0.2) is 17.9 Å². The highest BCUT2D eigenvalue weighted by molar-refractivity contribution is 7.80. The van der Waals surface area contributed by atoms with Crippen molar-refractivity contribution in [1.29, 1.82) is 0 Å². The summed E-state index contributed by atoms with van der Waals surface area (Å²) in [4.78, 5) is 0. The molecule has 0 atom stereocenters. The maximum absolute atomic E-state index is 13.0. The predicted molar refractivity (Wildman–Crippen MR) is 96.0 cm³/mol. The van der Waals surface area contributed by atoms with Gasteiger partial charge in [0, 0.05) is 5.56 Å². The van der Waals surface area contributed by atoms with Gasteiger partial charge in [-0.15, -0.1) is 0 Å². The molecule has 2 rings (SSSR count). The van der Waals surface area contributed by atoms with Gasteiger partial charge in [-0.1, -0.05) is 24.3 Å². The van der Waals surface area contributed by atoms with Crippen LogP contribution in [0, 0.1) is 0 Å². The van der Waals surface area contributed by atoms with E-state index >= 15 is 0 Å². The molecule has 2 aromatic carbocycles. The number of hydrogen-bond acceptors (Lipinski definition) is 3. The highest BCUT2D eigenvalue weighted by Crippen LogP contribution is 2.34. The number of hydrazone groups is 1. The summed E-state index contributed by atoms with van der Waals surface area (Å²) in [6, 6.07) is 12.3. The molecule has 4 nitrogen and oxygen atoms in total. The minimum Gasteiger partial charge on any atom is -0.497 e. The van der Waals surface area contributed by atoms with Gasteiger partial charge in [0.2, 0.25) is 0 Å². The van der Waals surface area contributed by atoms with E-state index in [2.05, 4.69) is 15.8 Å². The van der Waals surface area contributed by atoms with Crippen molar-refractivity contribution in [1.82, 2.24) is 5.43 Å². The van der Waals surface area contributed by atoms with Gasteiger partial charge in [-0.05, 0) is 43.4 Å². The lowest BCUT2D eigenvalue weighted by Gasteiger charge is -2.14. The Bertz CT molecular complexity index is 791. The summed E-state index contributed by atoms with van der Waals surface area (Å²) in [7, 11) is 1.56. The van der Waals surface area contributed by atoms with Crippen LogP contribution in [0.2, 0.25) is 0 Å². The molecule has 2 aromatic rings. The zero-order valence-corrected chi connectivity index (χ0v) is 14.3. The summed E-state index contributed by atoms with van der Waals surface area (Å²) < 4.78 is 44.0. The van der Waals surface area contributed by atoms with Gasteiger partial charge in [0.1, 0.15) is 5.75 Å². The molecule has 8 heteroatoms. The zero-order chi connectivity index (χ0) is 18.4. The first kappa shape index (κ1) is 18.7. The molecule has 0 heterocycles. The number of benzene rings is 2. The fourth-order valence-electron chi connectivity index (χ4n) is 2.04. The molecule has 0 aliphatic heterocycles. The first-order chi connectivity index (χ1) is 11.8. The Morgan fingerprint density at radius 3 is 2.52 bits per heavy atom. The van der Waals surface area contributed by atoms with Crippen LogP contribution >= 0.6 is 12.2 Å². The van der Waals surface area contributed by atoms with Crippen molar-refractivity contribution in [2.75, 3.05) is 12.4 Å². The molecule has 0 amide bonds. The Labute approximate surface area is 148 Å². The van der Waals surface area contributed by atoms with Crippen LogP contribution in [0.1, 0.15) is 18.1 Å². The number of halogens is 3. The van der Waals surface area contributed by atoms with Crippen LogP contribution in [-0.2, 0) is 6.18 Å². The molecule has 0 radical (unpaired) electrons. The summed E-state index contributed by atoms with van der Waals surface area (Å²) in [5.74, 6) is 0.673. The van der Waals surface area contributed by atoms with E-state index in [0.29, 0.717) is 11.5 Å². The number of nitrogens with zero attached hydrogens (tertiary/aromatic N) is 1. The van der Waals surface area contributed by atoms with E-state index < -0.39 is 11.7 Å². The molecule has 0 spiro atoms. The number of para-hydroxylation sites is 1. The minimum atomic E-state index is -4.47. The molecule has 25 heavy (non-hydrogen) atoms. The Morgan fingerprint density at radius 2 is 1.84 bits per heavy atom. The van der Waals surface area contributed by atoms with E-state index in [0.717, 1.165) is 11.6 Å². The normalized spacial score (nSPS) is 11.8. The second-order valence-electron chi connectivity index (χ2n) is 5.04. The van der Waals surface area contributed by atoms with Crippen molar-refractivity contribution in [2.45, 2.75) is 13.1 Å². The molecule has 0 fully saturated rings. The number of anilines is 1. The van der Waals surface area contributed by atoms with Crippen LogP contribution in [0.15, 0.2) is 53.6 Å². The van der Waals surface area contributed by atoms with Crippen molar-refractivity contribution in [2.24, 2.45) is 5.10 Å². The number of ether oxygens (including phenoxy) is 1. The Balaban J connectivity index is 2.08. The third-order valence-electron chi connectivity index (χ3n) is 3.29. The maximum atomic E-state index is 13.0. The van der Waals surface area contributed by atoms with Crippen molar-refractivity contribution in [3.8, 4) is 5.75 Å². The second kappa shape index (κ2) is 7.98. The molecule has 0 saturated heterocycles. The molecular weight excluding hydrogens is 351 g/mol. The molecule has 0 aromatic heterocycles. The Kier molecular flexibility index (Phi) is 5.97. The van der Waals surface area contributed by atoms with Gasteiger partial charge in [0.25, 0.3) is 0 Å². The van der Waals surface area contributed by atoms with E-state index in [1.807, 2.05) is 12.1 Å². The fraction of sp³-hybridized carbons (Fsp3) is 0.176. The third kappa shape index (κ3) is 5.18. The van der Waals surface area contributed by atoms with E-state index in [1.165, 1.54) is 18.2 Å². The molecule has 0 aliphatic carbocycles. The SMILES string of the molecule is COc1cccc(/C(C)=N/NC(=S)Nc2ccccc2C(F)(F)F)c1. The second-order valence-corrected chi connectivity index (χ2v) is 5.45. The van der Waals surface area contributed by atoms with Gasteiger partial charge in [-0.3, -0.25) is 5.43 Å². The number of rotatable bonds is 4. The average Bonchev–Trinajstić information content (AvgIpc) is 2.59. The van der Waals surface area contributed by atoms with E-state index in [-0.39, 0.29) is 10.8 Å². The van der Waals surface area contributed by atoms with Crippen LogP contribution in [0.3, 0.4) is 0 Å². The Hall–Kier alpha value is -2.61. The first-order valence-electron chi connectivity index (χ1n) is 7.23. The predicted octanol–water partition coefficient (Wildman–Crippen LogP) is 4.42. The molecule has 2 N–H and O–H groups in total. The monoisotopic (exact) mass is 367 g/mol. The summed E-state index contributed by atoms with van der Waals surface area (Å²) in [5.41, 5.74) is 3.01. The zero-order valence-electron chi connectivity index (χ0n) is 13.5. The standard InChI is InChI=1S/C17H16F3N3OS/c1-11(12-6-5-7-13(10-12)24-2)22-23-16(25)21-15-9-4-3-8-14(15)17(18,19)20/h3-10H,1-2H3,(H2,21,23,25)/b22-11+. The van der Waals surface area contributed by atoms with Crippen LogP contribution in [0.25, 0.3) is 0 Å². The van der Waals surface area contributed by atoms with Gasteiger partial charge in [0.05, 0.1) is 24.1 Å². The van der Waals surface area contributed by atoms with Gasteiger partial charge in [-0.25, -0.2) is 0 Å².